The van der Waals surface area contributed by atoms with E-state index in [0.717, 1.165) is 31.2 Å². The zero-order valence-electron chi connectivity index (χ0n) is 20.5. The van der Waals surface area contributed by atoms with Gasteiger partial charge in [-0.05, 0) is 56.7 Å². The summed E-state index contributed by atoms with van der Waals surface area (Å²) in [6, 6.07) is 9.35. The van der Waals surface area contributed by atoms with Crippen molar-refractivity contribution >= 4 is 11.8 Å². The van der Waals surface area contributed by atoms with Crippen LogP contribution in [0.15, 0.2) is 40.9 Å². The molecule has 0 radical (unpaired) electrons. The molecule has 9 nitrogen and oxygen atoms in total. The molecule has 0 bridgehead atoms. The normalized spacial score (nSPS) is 14.2. The number of nitrogens with zero attached hydrogens (tertiary/aromatic N) is 3. The number of rotatable bonds is 11. The van der Waals surface area contributed by atoms with E-state index < -0.39 is 0 Å². The fourth-order valence-electron chi connectivity index (χ4n) is 4.07. The zero-order valence-corrected chi connectivity index (χ0v) is 20.5. The van der Waals surface area contributed by atoms with Gasteiger partial charge in [-0.2, -0.15) is 5.10 Å². The fourth-order valence-corrected chi connectivity index (χ4v) is 4.07. The minimum absolute atomic E-state index is 0.0899. The number of aromatic nitrogens is 3. The van der Waals surface area contributed by atoms with Crippen molar-refractivity contribution in [2.24, 2.45) is 5.92 Å². The molecule has 0 spiro atoms. The van der Waals surface area contributed by atoms with Gasteiger partial charge in [0.25, 0.3) is 11.8 Å². The third-order valence-corrected chi connectivity index (χ3v) is 6.47. The van der Waals surface area contributed by atoms with Gasteiger partial charge in [-0.3, -0.25) is 14.3 Å². The second-order valence-corrected chi connectivity index (χ2v) is 9.06. The molecule has 35 heavy (non-hydrogen) atoms. The number of benzene rings is 1. The third kappa shape index (κ3) is 5.79. The van der Waals surface area contributed by atoms with Crippen molar-refractivity contribution in [3.8, 4) is 22.7 Å². The quantitative estimate of drug-likeness (QED) is 0.386. The van der Waals surface area contributed by atoms with Gasteiger partial charge in [0, 0.05) is 23.2 Å². The van der Waals surface area contributed by atoms with E-state index in [9.17, 15) is 14.7 Å². The Hall–Kier alpha value is -3.46. The summed E-state index contributed by atoms with van der Waals surface area (Å²) in [5.74, 6) is 0.536. The number of hydrogen-bond donors (Lipinski definition) is 3. The van der Waals surface area contributed by atoms with Crippen molar-refractivity contribution in [2.45, 2.75) is 65.1 Å². The topological polar surface area (TPSA) is 122 Å². The van der Waals surface area contributed by atoms with Crippen LogP contribution in [-0.4, -0.2) is 50.4 Å². The van der Waals surface area contributed by atoms with Gasteiger partial charge in [0.05, 0.1) is 25.0 Å². The number of nitrogens with one attached hydrogen (secondary N) is 2. The smallest absolute Gasteiger partial charge is 0.288 e. The lowest BCUT2D eigenvalue weighted by atomic mass is 10.1. The van der Waals surface area contributed by atoms with E-state index in [2.05, 4.69) is 20.7 Å². The molecular formula is C26H33N5O4. The Morgan fingerprint density at radius 3 is 2.57 bits per heavy atom. The third-order valence-electron chi connectivity index (χ3n) is 6.47. The van der Waals surface area contributed by atoms with E-state index in [1.807, 2.05) is 45.0 Å². The average molecular weight is 480 g/mol. The first-order valence-corrected chi connectivity index (χ1v) is 12.3. The molecule has 2 aromatic heterocycles. The van der Waals surface area contributed by atoms with E-state index >= 15 is 0 Å². The van der Waals surface area contributed by atoms with Gasteiger partial charge in [0.15, 0.2) is 0 Å². The molecule has 1 aliphatic rings. The van der Waals surface area contributed by atoms with Crippen molar-refractivity contribution in [1.82, 2.24) is 25.4 Å². The van der Waals surface area contributed by atoms with Crippen LogP contribution >= 0.6 is 0 Å². The highest BCUT2D eigenvalue weighted by Gasteiger charge is 2.30. The Labute approximate surface area is 204 Å². The first-order chi connectivity index (χ1) is 16.9. The fraction of sp³-hybridized carbons (Fsp3) is 0.462. The molecule has 1 atom stereocenters. The first kappa shape index (κ1) is 24.7. The van der Waals surface area contributed by atoms with Crippen LogP contribution < -0.4 is 10.6 Å². The number of carbonyl (C=O) groups excluding carboxylic acids is 2. The zero-order chi connectivity index (χ0) is 24.9. The van der Waals surface area contributed by atoms with Gasteiger partial charge in [-0.15, -0.1) is 0 Å². The number of oxazole rings is 1. The van der Waals surface area contributed by atoms with Crippen molar-refractivity contribution in [2.75, 3.05) is 6.61 Å². The Morgan fingerprint density at radius 2 is 1.89 bits per heavy atom. The molecule has 3 N–H and O–H groups in total. The lowest BCUT2D eigenvalue weighted by molar-refractivity contribution is 0.0904. The molecule has 2 amide bonds. The first-order valence-electron chi connectivity index (χ1n) is 12.3. The number of aliphatic hydroxyl groups is 1. The maximum Gasteiger partial charge on any atom is 0.288 e. The monoisotopic (exact) mass is 479 g/mol. The second kappa shape index (κ2) is 10.9. The van der Waals surface area contributed by atoms with Crippen molar-refractivity contribution in [1.29, 1.82) is 0 Å². The molecule has 4 rings (SSSR count). The van der Waals surface area contributed by atoms with Crippen LogP contribution in [0.3, 0.4) is 0 Å². The molecule has 0 aliphatic heterocycles. The molecule has 1 saturated carbocycles. The van der Waals surface area contributed by atoms with Crippen molar-refractivity contribution in [3.63, 3.8) is 0 Å². The Kier molecular flexibility index (Phi) is 7.65. The Bertz CT molecular complexity index is 1180. The van der Waals surface area contributed by atoms with E-state index in [4.69, 9.17) is 4.42 Å². The summed E-state index contributed by atoms with van der Waals surface area (Å²) in [6.07, 6.45) is 5.38. The van der Waals surface area contributed by atoms with E-state index in [-0.39, 0.29) is 42.8 Å². The average Bonchev–Trinajstić information content (AvgIpc) is 3.44. The maximum atomic E-state index is 12.9. The number of aliphatic hydroxyl groups excluding tert-OH is 1. The lowest BCUT2D eigenvalue weighted by Crippen LogP contribution is -2.35. The molecule has 1 aliphatic carbocycles. The van der Waals surface area contributed by atoms with Gasteiger partial charge < -0.3 is 20.2 Å². The van der Waals surface area contributed by atoms with Crippen LogP contribution in [-0.2, 0) is 6.54 Å². The highest BCUT2D eigenvalue weighted by Crippen LogP contribution is 2.32. The van der Waals surface area contributed by atoms with Crippen LogP contribution in [0.1, 0.15) is 67.5 Å². The number of hydrogen-bond acceptors (Lipinski definition) is 6. The van der Waals surface area contributed by atoms with E-state index in [1.165, 1.54) is 10.9 Å². The van der Waals surface area contributed by atoms with Crippen LogP contribution in [0.2, 0.25) is 0 Å². The largest absolute Gasteiger partial charge is 0.431 e. The van der Waals surface area contributed by atoms with Crippen LogP contribution in [0.25, 0.3) is 22.7 Å². The summed E-state index contributed by atoms with van der Waals surface area (Å²) in [5.41, 5.74) is 2.46. The van der Waals surface area contributed by atoms with Gasteiger partial charge >= 0.3 is 0 Å². The molecule has 3 aromatic rings. The molecule has 0 saturated heterocycles. The van der Waals surface area contributed by atoms with E-state index in [1.54, 1.807) is 6.07 Å². The second-order valence-electron chi connectivity index (χ2n) is 9.06. The predicted octanol–water partition coefficient (Wildman–Crippen LogP) is 3.64. The minimum atomic E-state index is -0.285. The molecule has 1 fully saturated rings. The molecule has 9 heteroatoms. The van der Waals surface area contributed by atoms with Gasteiger partial charge in [-0.1, -0.05) is 26.0 Å². The predicted molar refractivity (Wildman–Crippen MR) is 132 cm³/mol. The summed E-state index contributed by atoms with van der Waals surface area (Å²) in [4.78, 5) is 29.7. The molecule has 186 valence electrons. The highest BCUT2D eigenvalue weighted by atomic mass is 16.4. The highest BCUT2D eigenvalue weighted by molar-refractivity contribution is 5.94. The standard InChI is InChI=1S/C26H33N5O4/c1-4-20(5-2)29-25(34)23-15-27-26(35-23)19-8-6-7-18(13-19)21-14-22(31(30-21)11-12-32)24(33)28-16(3)17-9-10-17/h6-8,13-17,20,32H,4-5,9-12H2,1-3H3,(H,28,33)(H,29,34)/t16-/m0/s1. The van der Waals surface area contributed by atoms with Gasteiger partial charge in [0.1, 0.15) is 5.69 Å². The molecule has 0 unspecified atom stereocenters. The van der Waals surface area contributed by atoms with E-state index in [0.29, 0.717) is 28.8 Å². The Balaban J connectivity index is 1.55. The summed E-state index contributed by atoms with van der Waals surface area (Å²) in [5, 5.41) is 20.0. The summed E-state index contributed by atoms with van der Waals surface area (Å²) in [7, 11) is 0. The van der Waals surface area contributed by atoms with Crippen molar-refractivity contribution in [3.05, 3.63) is 48.0 Å². The molecule has 1 aromatic carbocycles. The summed E-state index contributed by atoms with van der Waals surface area (Å²) in [6.45, 7) is 6.15. The maximum absolute atomic E-state index is 12.9. The van der Waals surface area contributed by atoms with Gasteiger partial charge in [0.2, 0.25) is 11.7 Å². The molecular weight excluding hydrogens is 446 g/mol. The molecule has 2 heterocycles. The number of carbonyl (C=O) groups is 2. The minimum Gasteiger partial charge on any atom is -0.431 e. The van der Waals surface area contributed by atoms with Gasteiger partial charge in [-0.25, -0.2) is 4.98 Å². The summed E-state index contributed by atoms with van der Waals surface area (Å²) >= 11 is 0. The lowest BCUT2D eigenvalue weighted by Gasteiger charge is -2.13. The Morgan fingerprint density at radius 1 is 1.14 bits per heavy atom. The van der Waals surface area contributed by atoms with Crippen molar-refractivity contribution < 1.29 is 19.1 Å². The SMILES string of the molecule is CCC(CC)NC(=O)c1cnc(-c2cccc(-c3cc(C(=O)N[C@@H](C)C4CC4)n(CCO)n3)c2)o1. The van der Waals surface area contributed by atoms with Crippen LogP contribution in [0.5, 0.6) is 0 Å². The van der Waals surface area contributed by atoms with Crippen LogP contribution in [0, 0.1) is 5.92 Å². The van der Waals surface area contributed by atoms with Crippen LogP contribution in [0.4, 0.5) is 0 Å². The summed E-state index contributed by atoms with van der Waals surface area (Å²) < 4.78 is 7.27. The number of amides is 2.